The van der Waals surface area contributed by atoms with Crippen molar-refractivity contribution in [3.05, 3.63) is 30.0 Å². The van der Waals surface area contributed by atoms with Gasteiger partial charge in [-0.25, -0.2) is 0 Å². The molecular weight excluding hydrogens is 468 g/mol. The number of hydrogen-bond donors (Lipinski definition) is 2. The first-order valence-corrected chi connectivity index (χ1v) is 13.4. The standard InChI is InChI=1S/C29H44N4O4/c1-9-10-11-15-30-25(34)17-29(18-28(29,5)6)31-27(35)21-16-22(33(32-21)20(4)19(2)3)26-23(36-7)13-12-14-24(26)37-8/h12-14,16,19-20H,9-11,15,17-18H2,1-8H3,(H,30,34)(H,31,35)/t20?,29-/m1/s1. The normalized spacial score (nSPS) is 18.8. The average molecular weight is 513 g/mol. The van der Waals surface area contributed by atoms with Crippen molar-refractivity contribution in [2.24, 2.45) is 11.3 Å². The molecule has 8 nitrogen and oxygen atoms in total. The number of carbonyl (C=O) groups excluding carboxylic acids is 2. The van der Waals surface area contributed by atoms with Crippen LogP contribution in [0.3, 0.4) is 0 Å². The summed E-state index contributed by atoms with van der Waals surface area (Å²) in [5, 5.41) is 11.0. The van der Waals surface area contributed by atoms with Gasteiger partial charge in [0.25, 0.3) is 5.91 Å². The molecular formula is C29H44N4O4. The Morgan fingerprint density at radius 2 is 1.73 bits per heavy atom. The Balaban J connectivity index is 1.92. The van der Waals surface area contributed by atoms with Gasteiger partial charge in [0.2, 0.25) is 5.91 Å². The van der Waals surface area contributed by atoms with Gasteiger partial charge in [-0.2, -0.15) is 5.10 Å². The van der Waals surface area contributed by atoms with E-state index >= 15 is 0 Å². The molecule has 1 heterocycles. The van der Waals surface area contributed by atoms with Crippen LogP contribution in [0.2, 0.25) is 0 Å². The molecule has 0 spiro atoms. The second-order valence-electron chi connectivity index (χ2n) is 11.2. The van der Waals surface area contributed by atoms with Gasteiger partial charge in [-0.15, -0.1) is 0 Å². The van der Waals surface area contributed by atoms with Crippen LogP contribution in [0, 0.1) is 11.3 Å². The fraction of sp³-hybridized carbons (Fsp3) is 0.621. The Hall–Kier alpha value is -3.03. The van der Waals surface area contributed by atoms with Crippen molar-refractivity contribution in [2.75, 3.05) is 20.8 Å². The van der Waals surface area contributed by atoms with Crippen molar-refractivity contribution >= 4 is 11.8 Å². The molecule has 1 unspecified atom stereocenters. The number of unbranched alkanes of at least 4 members (excludes halogenated alkanes) is 2. The largest absolute Gasteiger partial charge is 0.496 e. The Kier molecular flexibility index (Phi) is 8.92. The Labute approximate surface area is 221 Å². The minimum atomic E-state index is -0.589. The highest BCUT2D eigenvalue weighted by Gasteiger charge is 2.63. The molecule has 1 saturated carbocycles. The summed E-state index contributed by atoms with van der Waals surface area (Å²) >= 11 is 0. The molecule has 1 aromatic heterocycles. The quantitative estimate of drug-likeness (QED) is 0.352. The number of amides is 2. The number of hydrogen-bond acceptors (Lipinski definition) is 5. The van der Waals surface area contributed by atoms with Crippen LogP contribution < -0.4 is 20.1 Å². The molecule has 2 aromatic rings. The Morgan fingerprint density at radius 3 is 2.24 bits per heavy atom. The molecule has 1 aromatic carbocycles. The van der Waals surface area contributed by atoms with E-state index in [-0.39, 0.29) is 35.6 Å². The number of ether oxygens (including phenoxy) is 2. The molecule has 0 aliphatic heterocycles. The highest BCUT2D eigenvalue weighted by Crippen LogP contribution is 2.57. The van der Waals surface area contributed by atoms with E-state index in [1.54, 1.807) is 20.3 Å². The van der Waals surface area contributed by atoms with Gasteiger partial charge >= 0.3 is 0 Å². The predicted octanol–water partition coefficient (Wildman–Crippen LogP) is 5.38. The number of rotatable bonds is 13. The third kappa shape index (κ3) is 6.11. The fourth-order valence-electron chi connectivity index (χ4n) is 4.88. The molecule has 1 aliphatic rings. The van der Waals surface area contributed by atoms with Crippen molar-refractivity contribution in [3.8, 4) is 22.8 Å². The Morgan fingerprint density at radius 1 is 1.11 bits per heavy atom. The maximum absolute atomic E-state index is 13.6. The summed E-state index contributed by atoms with van der Waals surface area (Å²) in [6, 6.07) is 7.42. The molecule has 2 N–H and O–H groups in total. The molecule has 2 amide bonds. The molecule has 37 heavy (non-hydrogen) atoms. The van der Waals surface area contributed by atoms with Crippen molar-refractivity contribution in [1.29, 1.82) is 0 Å². The van der Waals surface area contributed by atoms with Crippen LogP contribution in [-0.4, -0.2) is 47.9 Å². The number of methoxy groups -OCH3 is 2. The van der Waals surface area contributed by atoms with Crippen LogP contribution in [0.5, 0.6) is 11.5 Å². The highest BCUT2D eigenvalue weighted by molar-refractivity contribution is 5.95. The second kappa shape index (κ2) is 11.6. The molecule has 1 aliphatic carbocycles. The molecule has 0 radical (unpaired) electrons. The summed E-state index contributed by atoms with van der Waals surface area (Å²) in [5.74, 6) is 1.25. The van der Waals surface area contributed by atoms with Crippen molar-refractivity contribution < 1.29 is 19.1 Å². The van der Waals surface area contributed by atoms with E-state index in [1.165, 1.54) is 0 Å². The van der Waals surface area contributed by atoms with E-state index in [4.69, 9.17) is 14.6 Å². The molecule has 204 valence electrons. The monoisotopic (exact) mass is 512 g/mol. The first-order valence-electron chi connectivity index (χ1n) is 13.4. The lowest BCUT2D eigenvalue weighted by Gasteiger charge is -2.22. The lowest BCUT2D eigenvalue weighted by Crippen LogP contribution is -2.44. The van der Waals surface area contributed by atoms with Crippen LogP contribution in [0.4, 0.5) is 0 Å². The van der Waals surface area contributed by atoms with Gasteiger partial charge in [-0.3, -0.25) is 14.3 Å². The first kappa shape index (κ1) is 28.5. The van der Waals surface area contributed by atoms with Crippen LogP contribution in [0.15, 0.2) is 24.3 Å². The molecule has 0 saturated heterocycles. The van der Waals surface area contributed by atoms with E-state index in [0.29, 0.717) is 23.7 Å². The van der Waals surface area contributed by atoms with Gasteiger partial charge < -0.3 is 20.1 Å². The lowest BCUT2D eigenvalue weighted by molar-refractivity contribution is -0.121. The van der Waals surface area contributed by atoms with Crippen LogP contribution >= 0.6 is 0 Å². The zero-order chi connectivity index (χ0) is 27.4. The Bertz CT molecular complexity index is 1090. The molecule has 1 fully saturated rings. The van der Waals surface area contributed by atoms with Gasteiger partial charge in [-0.1, -0.05) is 53.5 Å². The average Bonchev–Trinajstić information content (AvgIpc) is 3.18. The van der Waals surface area contributed by atoms with Crippen molar-refractivity contribution in [1.82, 2.24) is 20.4 Å². The highest BCUT2D eigenvalue weighted by atomic mass is 16.5. The SMILES string of the molecule is CCCCCNC(=O)C[C@@]1(NC(=O)c2cc(-c3c(OC)cccc3OC)n(C(C)C(C)C)n2)CC1(C)C. The van der Waals surface area contributed by atoms with Crippen molar-refractivity contribution in [2.45, 2.75) is 85.2 Å². The summed E-state index contributed by atoms with van der Waals surface area (Å²) in [7, 11) is 3.23. The molecule has 0 bridgehead atoms. The maximum atomic E-state index is 13.6. The number of nitrogens with zero attached hydrogens (tertiary/aromatic N) is 2. The number of benzene rings is 1. The second-order valence-corrected chi connectivity index (χ2v) is 11.2. The van der Waals surface area contributed by atoms with E-state index in [9.17, 15) is 9.59 Å². The minimum Gasteiger partial charge on any atom is -0.496 e. The molecule has 3 rings (SSSR count). The topological polar surface area (TPSA) is 94.5 Å². The zero-order valence-corrected chi connectivity index (χ0v) is 23.7. The summed E-state index contributed by atoms with van der Waals surface area (Å²) < 4.78 is 13.2. The van der Waals surface area contributed by atoms with Gasteiger partial charge in [0.05, 0.1) is 43.5 Å². The predicted molar refractivity (Wildman–Crippen MR) is 146 cm³/mol. The van der Waals surface area contributed by atoms with E-state index in [0.717, 1.165) is 36.9 Å². The van der Waals surface area contributed by atoms with E-state index < -0.39 is 5.54 Å². The third-order valence-electron chi connectivity index (χ3n) is 7.83. The molecule has 2 atom stereocenters. The van der Waals surface area contributed by atoms with Crippen LogP contribution in [0.25, 0.3) is 11.3 Å². The number of aromatic nitrogens is 2. The smallest absolute Gasteiger partial charge is 0.272 e. The number of nitrogens with one attached hydrogen (secondary N) is 2. The third-order valence-corrected chi connectivity index (χ3v) is 7.83. The summed E-state index contributed by atoms with van der Waals surface area (Å²) in [6.45, 7) is 13.3. The number of carbonyl (C=O) groups is 2. The summed E-state index contributed by atoms with van der Waals surface area (Å²) in [5.41, 5.74) is 1.04. The minimum absolute atomic E-state index is 0.0198. The van der Waals surface area contributed by atoms with Gasteiger partial charge in [-0.05, 0) is 49.3 Å². The summed E-state index contributed by atoms with van der Waals surface area (Å²) in [6.07, 6.45) is 4.16. The van der Waals surface area contributed by atoms with Gasteiger partial charge in [0.15, 0.2) is 5.69 Å². The van der Waals surface area contributed by atoms with Gasteiger partial charge in [0, 0.05) is 6.54 Å². The van der Waals surface area contributed by atoms with Gasteiger partial charge in [0.1, 0.15) is 11.5 Å². The lowest BCUT2D eigenvalue weighted by atomic mass is 10.00. The summed E-state index contributed by atoms with van der Waals surface area (Å²) in [4.78, 5) is 26.3. The van der Waals surface area contributed by atoms with E-state index in [2.05, 4.69) is 52.2 Å². The fourth-order valence-corrected chi connectivity index (χ4v) is 4.88. The van der Waals surface area contributed by atoms with Crippen LogP contribution in [-0.2, 0) is 4.79 Å². The van der Waals surface area contributed by atoms with Crippen LogP contribution in [0.1, 0.15) is 90.2 Å². The van der Waals surface area contributed by atoms with Crippen molar-refractivity contribution in [3.63, 3.8) is 0 Å². The molecule has 8 heteroatoms. The maximum Gasteiger partial charge on any atom is 0.272 e. The first-order chi connectivity index (χ1) is 17.5. The van der Waals surface area contributed by atoms with E-state index in [1.807, 2.05) is 22.9 Å². The zero-order valence-electron chi connectivity index (χ0n) is 23.7.